The van der Waals surface area contributed by atoms with Gasteiger partial charge >= 0.3 is 0 Å². The first-order valence-corrected chi connectivity index (χ1v) is 18.8. The molecule has 0 bridgehead atoms. The molecule has 1 aromatic carbocycles. The van der Waals surface area contributed by atoms with Crippen LogP contribution in [0.25, 0.3) is 21.9 Å². The highest BCUT2D eigenvalue weighted by Gasteiger charge is 2.34. The minimum Gasteiger partial charge on any atom is -0.471 e. The standard InChI is InChI=1S/C41H58N8O4/c1-12-47(39(52)29-19-17-28(18-20-29)23-48-33(50)21-22-34(48)51)24-32-43-35-36(49(32)25-41(6,7)53-40(27(4)5)46(10)11)30-15-13-14-16-31(30)42-37(35)44-38(26(2)3)45(8)9/h13-16,21-22,28-29H,12,17-20,23-25H2,1-11H3,(H,42,44). The molecule has 3 aromatic rings. The molecule has 0 spiro atoms. The lowest BCUT2D eigenvalue weighted by Crippen LogP contribution is -2.40. The molecule has 3 amide bonds. The zero-order valence-corrected chi connectivity index (χ0v) is 33.5. The highest BCUT2D eigenvalue weighted by Crippen LogP contribution is 2.35. The molecule has 0 saturated heterocycles. The van der Waals surface area contributed by atoms with Crippen molar-refractivity contribution < 1.29 is 19.1 Å². The predicted octanol–water partition coefficient (Wildman–Crippen LogP) is 6.50. The van der Waals surface area contributed by atoms with Crippen LogP contribution in [0.2, 0.25) is 0 Å². The number of ether oxygens (including phenoxy) is 1. The third kappa shape index (κ3) is 8.69. The zero-order valence-electron chi connectivity index (χ0n) is 33.5. The Bertz CT molecular complexity index is 1940. The van der Waals surface area contributed by atoms with Gasteiger partial charge < -0.3 is 29.3 Å². The molecule has 12 heteroatoms. The van der Waals surface area contributed by atoms with E-state index in [0.29, 0.717) is 32.0 Å². The summed E-state index contributed by atoms with van der Waals surface area (Å²) in [7, 11) is 7.98. The van der Waals surface area contributed by atoms with Gasteiger partial charge in [0.1, 0.15) is 22.8 Å². The molecule has 0 radical (unpaired) electrons. The van der Waals surface area contributed by atoms with Crippen LogP contribution < -0.4 is 5.32 Å². The number of allylic oxidation sites excluding steroid dienone is 2. The normalized spacial score (nSPS) is 17.4. The number of hydrogen-bond acceptors (Lipinski definition) is 9. The summed E-state index contributed by atoms with van der Waals surface area (Å²) in [6, 6.07) is 8.12. The maximum absolute atomic E-state index is 14.3. The van der Waals surface area contributed by atoms with E-state index in [4.69, 9.17) is 14.7 Å². The molecule has 0 atom stereocenters. The van der Waals surface area contributed by atoms with E-state index >= 15 is 0 Å². The molecule has 1 saturated carbocycles. The Balaban J connectivity index is 1.53. The maximum atomic E-state index is 14.3. The van der Waals surface area contributed by atoms with Crippen molar-refractivity contribution >= 4 is 45.5 Å². The number of nitrogens with one attached hydrogen (secondary N) is 1. The molecular weight excluding hydrogens is 669 g/mol. The van der Waals surface area contributed by atoms with Crippen LogP contribution >= 0.6 is 0 Å². The summed E-state index contributed by atoms with van der Waals surface area (Å²) < 4.78 is 8.96. The van der Waals surface area contributed by atoms with E-state index in [9.17, 15) is 14.4 Å². The summed E-state index contributed by atoms with van der Waals surface area (Å²) in [5.74, 6) is 2.82. The Morgan fingerprint density at radius 2 is 1.57 bits per heavy atom. The van der Waals surface area contributed by atoms with Gasteiger partial charge in [-0.25, -0.2) is 9.97 Å². The number of pyridine rings is 1. The van der Waals surface area contributed by atoms with Crippen LogP contribution in [0, 0.1) is 11.8 Å². The van der Waals surface area contributed by atoms with Crippen LogP contribution in [-0.2, 0) is 32.2 Å². The van der Waals surface area contributed by atoms with Gasteiger partial charge in [0.05, 0.1) is 24.1 Å². The number of carbonyl (C=O) groups excluding carboxylic acids is 3. The fourth-order valence-corrected chi connectivity index (χ4v) is 7.61. The number of imidazole rings is 1. The number of amides is 3. The zero-order chi connectivity index (χ0) is 38.8. The molecule has 2 aromatic heterocycles. The molecule has 0 unspecified atom stereocenters. The Morgan fingerprint density at radius 1 is 0.925 bits per heavy atom. The first kappa shape index (κ1) is 39.3. The number of fused-ring (bicyclic) bond motifs is 3. The van der Waals surface area contributed by atoms with E-state index in [0.717, 1.165) is 76.3 Å². The van der Waals surface area contributed by atoms with E-state index in [1.54, 1.807) is 0 Å². The number of aromatic nitrogens is 3. The molecule has 1 N–H and O–H groups in total. The number of anilines is 1. The van der Waals surface area contributed by atoms with Crippen molar-refractivity contribution in [1.82, 2.24) is 34.1 Å². The first-order chi connectivity index (χ1) is 25.0. The van der Waals surface area contributed by atoms with Crippen molar-refractivity contribution in [2.24, 2.45) is 11.8 Å². The van der Waals surface area contributed by atoms with Crippen molar-refractivity contribution in [2.45, 2.75) is 92.8 Å². The van der Waals surface area contributed by atoms with E-state index < -0.39 is 5.60 Å². The van der Waals surface area contributed by atoms with Gasteiger partial charge in [-0.05, 0) is 97.3 Å². The van der Waals surface area contributed by atoms with Crippen LogP contribution in [0.4, 0.5) is 5.82 Å². The van der Waals surface area contributed by atoms with Crippen molar-refractivity contribution in [2.75, 3.05) is 46.6 Å². The fourth-order valence-electron chi connectivity index (χ4n) is 7.61. The van der Waals surface area contributed by atoms with Crippen molar-refractivity contribution in [3.8, 4) is 0 Å². The average molecular weight is 727 g/mol. The monoisotopic (exact) mass is 726 g/mol. The van der Waals surface area contributed by atoms with Gasteiger partial charge in [-0.15, -0.1) is 0 Å². The SMILES string of the molecule is CCN(Cc1nc2c(NC(=C(C)C)N(C)C)nc3ccccc3c2n1CC(C)(C)OC(=C(C)C)N(C)C)C(=O)C1CCC(CN2C(=O)C=CC2=O)CC1. The Morgan fingerprint density at radius 3 is 2.13 bits per heavy atom. The number of imide groups is 1. The molecule has 53 heavy (non-hydrogen) atoms. The third-order valence-corrected chi connectivity index (χ3v) is 10.1. The molecule has 1 fully saturated rings. The summed E-state index contributed by atoms with van der Waals surface area (Å²) in [6.45, 7) is 16.2. The van der Waals surface area contributed by atoms with Gasteiger partial charge in [0.15, 0.2) is 11.7 Å². The lowest BCUT2D eigenvalue weighted by molar-refractivity contribution is -0.140. The Labute approximate surface area is 314 Å². The minimum absolute atomic E-state index is 0.107. The Hall–Kier alpha value is -4.87. The third-order valence-electron chi connectivity index (χ3n) is 10.1. The van der Waals surface area contributed by atoms with Crippen molar-refractivity contribution in [1.29, 1.82) is 0 Å². The van der Waals surface area contributed by atoms with E-state index in [1.165, 1.54) is 17.1 Å². The molecular formula is C41H58N8O4. The van der Waals surface area contributed by atoms with Crippen LogP contribution in [0.1, 0.15) is 80.0 Å². The molecule has 12 nitrogen and oxygen atoms in total. The number of hydrogen-bond donors (Lipinski definition) is 1. The summed E-state index contributed by atoms with van der Waals surface area (Å²) in [4.78, 5) is 56.2. The largest absolute Gasteiger partial charge is 0.471 e. The first-order valence-electron chi connectivity index (χ1n) is 18.8. The summed E-state index contributed by atoms with van der Waals surface area (Å²) in [6.07, 6.45) is 5.68. The summed E-state index contributed by atoms with van der Waals surface area (Å²) >= 11 is 0. The maximum Gasteiger partial charge on any atom is 0.253 e. The van der Waals surface area contributed by atoms with Crippen LogP contribution in [0.15, 0.2) is 59.3 Å². The van der Waals surface area contributed by atoms with Gasteiger partial charge in [0, 0.05) is 64.7 Å². The van der Waals surface area contributed by atoms with E-state index in [2.05, 4.69) is 43.6 Å². The second-order valence-corrected chi connectivity index (χ2v) is 15.9. The molecule has 1 aliphatic heterocycles. The summed E-state index contributed by atoms with van der Waals surface area (Å²) in [5.41, 5.74) is 4.04. The highest BCUT2D eigenvalue weighted by molar-refractivity contribution is 6.13. The fraction of sp³-hybridized carbons (Fsp3) is 0.537. The second-order valence-electron chi connectivity index (χ2n) is 15.9. The second kappa shape index (κ2) is 16.0. The molecule has 5 rings (SSSR count). The van der Waals surface area contributed by atoms with Crippen LogP contribution in [0.5, 0.6) is 0 Å². The van der Waals surface area contributed by atoms with Crippen molar-refractivity contribution in [3.05, 3.63) is 65.1 Å². The van der Waals surface area contributed by atoms with Gasteiger partial charge in [-0.1, -0.05) is 18.2 Å². The number of rotatable bonds is 14. The average Bonchev–Trinajstić information content (AvgIpc) is 3.61. The lowest BCUT2D eigenvalue weighted by atomic mass is 9.81. The molecule has 2 aliphatic rings. The quantitative estimate of drug-likeness (QED) is 0.147. The summed E-state index contributed by atoms with van der Waals surface area (Å²) in [5, 5.41) is 4.57. The van der Waals surface area contributed by atoms with Gasteiger partial charge in [-0.2, -0.15) is 0 Å². The topological polar surface area (TPSA) is 116 Å². The van der Waals surface area contributed by atoms with Gasteiger partial charge in [-0.3, -0.25) is 19.3 Å². The molecule has 286 valence electrons. The molecule has 3 heterocycles. The number of carbonyl (C=O) groups is 3. The number of para-hydroxylation sites is 1. The Kier molecular flexibility index (Phi) is 11.9. The van der Waals surface area contributed by atoms with E-state index in [-0.39, 0.29) is 29.6 Å². The lowest BCUT2D eigenvalue weighted by Gasteiger charge is -2.34. The number of benzene rings is 1. The van der Waals surface area contributed by atoms with Gasteiger partial charge in [0.2, 0.25) is 5.91 Å². The van der Waals surface area contributed by atoms with Gasteiger partial charge in [0.25, 0.3) is 11.8 Å². The van der Waals surface area contributed by atoms with Crippen LogP contribution in [-0.4, -0.2) is 98.7 Å². The van der Waals surface area contributed by atoms with Crippen LogP contribution in [0.3, 0.4) is 0 Å². The molecule has 1 aliphatic carbocycles. The van der Waals surface area contributed by atoms with Crippen molar-refractivity contribution in [3.63, 3.8) is 0 Å². The highest BCUT2D eigenvalue weighted by atomic mass is 16.5. The van der Waals surface area contributed by atoms with E-state index in [1.807, 2.05) is 81.9 Å². The smallest absolute Gasteiger partial charge is 0.253 e. The number of nitrogens with zero attached hydrogens (tertiary/aromatic N) is 7. The predicted molar refractivity (Wildman–Crippen MR) is 210 cm³/mol. The minimum atomic E-state index is -0.654.